The summed E-state index contributed by atoms with van der Waals surface area (Å²) in [5.74, 6) is 0. The predicted molar refractivity (Wildman–Crippen MR) is 63.9 cm³/mol. The summed E-state index contributed by atoms with van der Waals surface area (Å²) < 4.78 is 28.9. The van der Waals surface area contributed by atoms with Gasteiger partial charge >= 0.3 is 8.80 Å². The summed E-state index contributed by atoms with van der Waals surface area (Å²) in [5.41, 5.74) is -0.255. The lowest BCUT2D eigenvalue weighted by Crippen LogP contribution is -2.47. The second-order valence-corrected chi connectivity index (χ2v) is 6.47. The van der Waals surface area contributed by atoms with E-state index < -0.39 is 8.80 Å². The summed E-state index contributed by atoms with van der Waals surface area (Å²) in [4.78, 5) is 0. The van der Waals surface area contributed by atoms with Crippen LogP contribution in [0.5, 0.6) is 0 Å². The monoisotopic (exact) mass is 256 g/mol. The smallest absolute Gasteiger partial charge is 0.374 e. The van der Waals surface area contributed by atoms with Crippen LogP contribution in [-0.4, -0.2) is 34.1 Å². The molecule has 1 atom stereocenters. The van der Waals surface area contributed by atoms with Gasteiger partial charge in [-0.05, 0) is 27.2 Å². The molecular weight excluding hydrogens is 235 g/mol. The third-order valence-corrected chi connectivity index (χ3v) is 5.13. The third-order valence-electron chi connectivity index (χ3n) is 1.70. The number of hydrogen-bond donors (Lipinski definition) is 1. The minimum absolute atomic E-state index is 0.255. The SMILES string of the molecule is CCO[Si](CCCF)(OCC)OC(C)S. The highest BCUT2D eigenvalue weighted by Crippen LogP contribution is 2.21. The highest BCUT2D eigenvalue weighted by atomic mass is 32.1. The average Bonchev–Trinajstić information content (AvgIpc) is 2.14. The molecule has 0 aliphatic heterocycles. The minimum Gasteiger partial charge on any atom is -0.374 e. The van der Waals surface area contributed by atoms with E-state index in [4.69, 9.17) is 13.3 Å². The first-order chi connectivity index (χ1) is 7.10. The van der Waals surface area contributed by atoms with Gasteiger partial charge in [-0.2, -0.15) is 0 Å². The molecule has 0 aliphatic rings. The highest BCUT2D eigenvalue weighted by Gasteiger charge is 2.41. The van der Waals surface area contributed by atoms with Gasteiger partial charge in [0.25, 0.3) is 0 Å². The van der Waals surface area contributed by atoms with Gasteiger partial charge in [-0.3, -0.25) is 4.39 Å². The average molecular weight is 256 g/mol. The maximum Gasteiger partial charge on any atom is 0.501 e. The minimum atomic E-state index is -2.70. The van der Waals surface area contributed by atoms with E-state index in [1.54, 1.807) is 6.92 Å². The van der Waals surface area contributed by atoms with Crippen molar-refractivity contribution >= 4 is 21.4 Å². The van der Waals surface area contributed by atoms with Gasteiger partial charge in [-0.25, -0.2) is 0 Å². The molecule has 92 valence electrons. The Morgan fingerprint density at radius 2 is 1.80 bits per heavy atom. The summed E-state index contributed by atoms with van der Waals surface area (Å²) >= 11 is 4.16. The first-order valence-corrected chi connectivity index (χ1v) is 7.74. The number of thiol groups is 1. The van der Waals surface area contributed by atoms with Crippen molar-refractivity contribution in [3.05, 3.63) is 0 Å². The molecule has 0 aromatic heterocycles. The Hall–Kier alpha value is 0.377. The molecule has 3 nitrogen and oxygen atoms in total. The number of hydrogen-bond acceptors (Lipinski definition) is 4. The summed E-state index contributed by atoms with van der Waals surface area (Å²) in [6.07, 6.45) is 0.409. The molecule has 6 heteroatoms. The molecule has 0 aromatic rings. The molecule has 0 bridgehead atoms. The van der Waals surface area contributed by atoms with Crippen molar-refractivity contribution in [2.24, 2.45) is 0 Å². The van der Waals surface area contributed by atoms with Gasteiger partial charge in [0.2, 0.25) is 0 Å². The van der Waals surface area contributed by atoms with Crippen molar-refractivity contribution in [3.8, 4) is 0 Å². The fraction of sp³-hybridized carbons (Fsp3) is 1.00. The van der Waals surface area contributed by atoms with Crippen LogP contribution in [0.1, 0.15) is 27.2 Å². The topological polar surface area (TPSA) is 27.7 Å². The second-order valence-electron chi connectivity index (χ2n) is 3.06. The van der Waals surface area contributed by atoms with Crippen LogP contribution < -0.4 is 0 Å². The van der Waals surface area contributed by atoms with Crippen LogP contribution in [0.2, 0.25) is 6.04 Å². The zero-order valence-electron chi connectivity index (χ0n) is 9.66. The van der Waals surface area contributed by atoms with E-state index in [-0.39, 0.29) is 12.1 Å². The molecule has 0 radical (unpaired) electrons. The van der Waals surface area contributed by atoms with Crippen molar-refractivity contribution in [3.63, 3.8) is 0 Å². The normalized spacial score (nSPS) is 14.2. The highest BCUT2D eigenvalue weighted by molar-refractivity contribution is 7.80. The summed E-state index contributed by atoms with van der Waals surface area (Å²) in [7, 11) is -2.70. The maximum atomic E-state index is 12.2. The van der Waals surface area contributed by atoms with Gasteiger partial charge in [0.15, 0.2) is 0 Å². The molecule has 15 heavy (non-hydrogen) atoms. The van der Waals surface area contributed by atoms with Crippen LogP contribution >= 0.6 is 12.6 Å². The molecular formula is C9H21FO3SSi. The van der Waals surface area contributed by atoms with Crippen LogP contribution in [0.25, 0.3) is 0 Å². The Morgan fingerprint density at radius 3 is 2.13 bits per heavy atom. The first kappa shape index (κ1) is 15.4. The molecule has 0 N–H and O–H groups in total. The first-order valence-electron chi connectivity index (χ1n) is 5.30. The van der Waals surface area contributed by atoms with Crippen LogP contribution in [0.3, 0.4) is 0 Å². The van der Waals surface area contributed by atoms with E-state index in [1.165, 1.54) is 0 Å². The Labute approximate surface area is 98.1 Å². The lowest BCUT2D eigenvalue weighted by molar-refractivity contribution is 0.0623. The van der Waals surface area contributed by atoms with Crippen molar-refractivity contribution in [2.75, 3.05) is 19.9 Å². The third kappa shape index (κ3) is 6.52. The lowest BCUT2D eigenvalue weighted by Gasteiger charge is -2.30. The second kappa shape index (κ2) is 8.52. The molecule has 0 aromatic carbocycles. The Morgan fingerprint density at radius 1 is 1.27 bits per heavy atom. The van der Waals surface area contributed by atoms with Crippen molar-refractivity contribution in [1.29, 1.82) is 0 Å². The zero-order chi connectivity index (χ0) is 11.7. The van der Waals surface area contributed by atoms with E-state index in [0.717, 1.165) is 0 Å². The van der Waals surface area contributed by atoms with Gasteiger partial charge < -0.3 is 13.3 Å². The molecule has 0 amide bonds. The van der Waals surface area contributed by atoms with Crippen LogP contribution in [0.15, 0.2) is 0 Å². The van der Waals surface area contributed by atoms with Gasteiger partial charge in [0.1, 0.15) is 0 Å². The fourth-order valence-electron chi connectivity index (χ4n) is 1.30. The van der Waals surface area contributed by atoms with E-state index >= 15 is 0 Å². The molecule has 0 fully saturated rings. The zero-order valence-corrected chi connectivity index (χ0v) is 11.6. The molecule has 0 rings (SSSR count). The molecule has 0 saturated carbocycles. The summed E-state index contributed by atoms with van der Waals surface area (Å²) in [6.45, 7) is 6.21. The van der Waals surface area contributed by atoms with Gasteiger partial charge in [-0.1, -0.05) is 0 Å². The molecule has 0 aliphatic carbocycles. The van der Waals surface area contributed by atoms with Gasteiger partial charge in [-0.15, -0.1) is 12.6 Å². The Bertz CT molecular complexity index is 154. The van der Waals surface area contributed by atoms with Crippen LogP contribution in [-0.2, 0) is 13.3 Å². The van der Waals surface area contributed by atoms with E-state index in [1.807, 2.05) is 13.8 Å². The Balaban J connectivity index is 4.40. The quantitative estimate of drug-likeness (QED) is 0.390. The van der Waals surface area contributed by atoms with E-state index in [2.05, 4.69) is 12.6 Å². The maximum absolute atomic E-state index is 12.2. The Kier molecular flexibility index (Phi) is 8.73. The van der Waals surface area contributed by atoms with Crippen molar-refractivity contribution < 1.29 is 17.7 Å². The predicted octanol–water partition coefficient (Wildman–Crippen LogP) is 2.65. The molecule has 0 heterocycles. The fourth-order valence-corrected chi connectivity index (χ4v) is 4.37. The van der Waals surface area contributed by atoms with Crippen LogP contribution in [0.4, 0.5) is 4.39 Å². The lowest BCUT2D eigenvalue weighted by atomic mass is 10.6. The van der Waals surface area contributed by atoms with Crippen molar-refractivity contribution in [2.45, 2.75) is 38.7 Å². The summed E-state index contributed by atoms with van der Waals surface area (Å²) in [6, 6.07) is 0.510. The molecule has 1 unspecified atom stereocenters. The van der Waals surface area contributed by atoms with Gasteiger partial charge in [0, 0.05) is 19.3 Å². The van der Waals surface area contributed by atoms with E-state index in [9.17, 15) is 4.39 Å². The molecule has 0 saturated heterocycles. The number of alkyl halides is 1. The van der Waals surface area contributed by atoms with Crippen molar-refractivity contribution in [1.82, 2.24) is 0 Å². The number of halogens is 1. The van der Waals surface area contributed by atoms with Gasteiger partial charge in [0.05, 0.1) is 12.1 Å². The standard InChI is InChI=1S/C9H21FO3SSi/c1-4-11-15(12-5-2,8-6-7-10)13-9(3)14/h9,14H,4-8H2,1-3H3. The van der Waals surface area contributed by atoms with Crippen LogP contribution in [0, 0.1) is 0 Å². The van der Waals surface area contributed by atoms with E-state index in [0.29, 0.717) is 25.7 Å². The molecule has 0 spiro atoms. The number of rotatable bonds is 9. The largest absolute Gasteiger partial charge is 0.501 e. The summed E-state index contributed by atoms with van der Waals surface area (Å²) in [5, 5.41) is 0.